The Balaban J connectivity index is 1.30. The Labute approximate surface area is 190 Å². The molecule has 1 saturated heterocycles. The number of para-hydroxylation sites is 2. The molecule has 1 aliphatic carbocycles. The van der Waals surface area contributed by atoms with E-state index in [4.69, 9.17) is 16.6 Å². The van der Waals surface area contributed by atoms with Crippen molar-refractivity contribution in [3.63, 3.8) is 0 Å². The molecule has 1 aromatic heterocycles. The Bertz CT molecular complexity index is 1030. The van der Waals surface area contributed by atoms with Gasteiger partial charge in [0.15, 0.2) is 0 Å². The molecule has 3 aromatic rings. The van der Waals surface area contributed by atoms with E-state index < -0.39 is 0 Å². The molecular formula is C27H32ClN3. The number of benzene rings is 2. The van der Waals surface area contributed by atoms with Gasteiger partial charge in [-0.3, -0.25) is 0 Å². The normalized spacial score (nSPS) is 20.9. The highest BCUT2D eigenvalue weighted by molar-refractivity contribution is 6.30. The first-order valence-corrected chi connectivity index (χ1v) is 12.2. The number of hydrogen-bond donors (Lipinski definition) is 0. The van der Waals surface area contributed by atoms with Gasteiger partial charge in [-0.25, -0.2) is 4.98 Å². The summed E-state index contributed by atoms with van der Waals surface area (Å²) in [7, 11) is 0. The molecule has 0 amide bonds. The van der Waals surface area contributed by atoms with E-state index in [1.165, 1.54) is 69.2 Å². The first-order valence-electron chi connectivity index (χ1n) is 11.8. The van der Waals surface area contributed by atoms with Gasteiger partial charge in [-0.05, 0) is 73.5 Å². The number of rotatable bonds is 6. The van der Waals surface area contributed by atoms with Crippen LogP contribution in [0, 0.1) is 11.8 Å². The quantitative estimate of drug-likeness (QED) is 0.433. The summed E-state index contributed by atoms with van der Waals surface area (Å²) in [5.74, 6) is 2.61. The summed E-state index contributed by atoms with van der Waals surface area (Å²) < 4.78 is 2.32. The van der Waals surface area contributed by atoms with Crippen LogP contribution in [0.5, 0.6) is 0 Å². The van der Waals surface area contributed by atoms with Gasteiger partial charge in [0.2, 0.25) is 0 Å². The number of imidazole rings is 1. The molecule has 5 rings (SSSR count). The lowest BCUT2D eigenvalue weighted by Gasteiger charge is -2.26. The zero-order valence-electron chi connectivity index (χ0n) is 18.2. The molecule has 0 N–H and O–H groups in total. The van der Waals surface area contributed by atoms with Gasteiger partial charge in [-0.1, -0.05) is 61.2 Å². The summed E-state index contributed by atoms with van der Waals surface area (Å²) in [6.45, 7) is 4.55. The highest BCUT2D eigenvalue weighted by Crippen LogP contribution is 2.28. The third-order valence-electron chi connectivity index (χ3n) is 7.01. The fourth-order valence-electron chi connectivity index (χ4n) is 5.30. The van der Waals surface area contributed by atoms with E-state index in [9.17, 15) is 0 Å². The van der Waals surface area contributed by atoms with Crippen molar-refractivity contribution in [2.75, 3.05) is 19.6 Å². The van der Waals surface area contributed by atoms with Crippen LogP contribution in [-0.2, 0) is 6.54 Å². The summed E-state index contributed by atoms with van der Waals surface area (Å²) >= 11 is 6.08. The first kappa shape index (κ1) is 20.8. The molecule has 31 heavy (non-hydrogen) atoms. The van der Waals surface area contributed by atoms with Crippen LogP contribution < -0.4 is 0 Å². The lowest BCUT2D eigenvalue weighted by Crippen LogP contribution is -2.28. The van der Waals surface area contributed by atoms with E-state index in [-0.39, 0.29) is 0 Å². The van der Waals surface area contributed by atoms with Crippen LogP contribution >= 0.6 is 11.6 Å². The summed E-state index contributed by atoms with van der Waals surface area (Å²) in [5, 5.41) is 0.776. The Morgan fingerprint density at radius 1 is 0.968 bits per heavy atom. The van der Waals surface area contributed by atoms with E-state index in [1.807, 2.05) is 12.1 Å². The molecule has 1 atom stereocenters. The highest BCUT2D eigenvalue weighted by Gasteiger charge is 2.24. The number of halogens is 1. The minimum absolute atomic E-state index is 0.632. The third kappa shape index (κ3) is 5.05. The Morgan fingerprint density at radius 2 is 1.77 bits per heavy atom. The Hall–Kier alpha value is -2.10. The maximum atomic E-state index is 6.08. The molecule has 2 heterocycles. The van der Waals surface area contributed by atoms with Crippen molar-refractivity contribution >= 4 is 28.7 Å². The van der Waals surface area contributed by atoms with Gasteiger partial charge in [0.1, 0.15) is 5.82 Å². The van der Waals surface area contributed by atoms with Crippen molar-refractivity contribution < 1.29 is 0 Å². The standard InChI is InChI=1S/C27H32ClN3/c28-24-13-10-22(11-14-24)20-31-26-9-5-4-8-25(26)29-27(31)15-12-23-16-17-30(19-23)18-21-6-2-1-3-7-21/h4-5,8-15,21,23H,1-3,6-7,16-20H2. The van der Waals surface area contributed by atoms with E-state index in [0.29, 0.717) is 5.92 Å². The minimum atomic E-state index is 0.632. The van der Waals surface area contributed by atoms with Crippen LogP contribution in [0.1, 0.15) is 49.9 Å². The van der Waals surface area contributed by atoms with E-state index in [2.05, 4.69) is 58.0 Å². The molecule has 2 aromatic carbocycles. The lowest BCUT2D eigenvalue weighted by molar-refractivity contribution is 0.231. The number of nitrogens with zero attached hydrogens (tertiary/aromatic N) is 3. The zero-order valence-corrected chi connectivity index (χ0v) is 19.0. The van der Waals surface area contributed by atoms with Crippen LogP contribution in [0.2, 0.25) is 5.02 Å². The Kier molecular flexibility index (Phi) is 6.42. The van der Waals surface area contributed by atoms with Crippen molar-refractivity contribution in [3.05, 3.63) is 71.0 Å². The largest absolute Gasteiger partial charge is 0.320 e. The van der Waals surface area contributed by atoms with Gasteiger partial charge < -0.3 is 9.47 Å². The molecule has 1 aliphatic heterocycles. The number of hydrogen-bond acceptors (Lipinski definition) is 2. The third-order valence-corrected chi connectivity index (χ3v) is 7.26. The highest BCUT2D eigenvalue weighted by atomic mass is 35.5. The van der Waals surface area contributed by atoms with Crippen molar-refractivity contribution in [1.82, 2.24) is 14.5 Å². The molecule has 1 unspecified atom stereocenters. The summed E-state index contributed by atoms with van der Waals surface area (Å²) in [4.78, 5) is 7.63. The summed E-state index contributed by atoms with van der Waals surface area (Å²) in [6, 6.07) is 16.6. The maximum Gasteiger partial charge on any atom is 0.133 e. The van der Waals surface area contributed by atoms with Crippen LogP contribution in [0.25, 0.3) is 17.1 Å². The molecule has 2 aliphatic rings. The fraction of sp³-hybridized carbons (Fsp3) is 0.444. The zero-order chi connectivity index (χ0) is 21.0. The van der Waals surface area contributed by atoms with E-state index >= 15 is 0 Å². The van der Waals surface area contributed by atoms with Gasteiger partial charge in [-0.2, -0.15) is 0 Å². The molecule has 0 spiro atoms. The maximum absolute atomic E-state index is 6.08. The van der Waals surface area contributed by atoms with Gasteiger partial charge in [0, 0.05) is 24.7 Å². The second-order valence-corrected chi connectivity index (χ2v) is 9.78. The number of fused-ring (bicyclic) bond motifs is 1. The smallest absolute Gasteiger partial charge is 0.133 e. The Morgan fingerprint density at radius 3 is 2.61 bits per heavy atom. The molecule has 0 radical (unpaired) electrons. The van der Waals surface area contributed by atoms with Crippen LogP contribution in [0.4, 0.5) is 0 Å². The minimum Gasteiger partial charge on any atom is -0.320 e. The van der Waals surface area contributed by atoms with Gasteiger partial charge in [-0.15, -0.1) is 0 Å². The van der Waals surface area contributed by atoms with Crippen LogP contribution in [0.3, 0.4) is 0 Å². The monoisotopic (exact) mass is 433 g/mol. The van der Waals surface area contributed by atoms with Crippen LogP contribution in [0.15, 0.2) is 54.6 Å². The lowest BCUT2D eigenvalue weighted by atomic mass is 9.89. The molecule has 3 nitrogen and oxygen atoms in total. The SMILES string of the molecule is Clc1ccc(Cn2c(C=CC3CCN(CC4CCCCC4)C3)nc3ccccc32)cc1. The topological polar surface area (TPSA) is 21.1 Å². The average Bonchev–Trinajstić information content (AvgIpc) is 3.39. The first-order chi connectivity index (χ1) is 15.2. The van der Waals surface area contributed by atoms with Crippen molar-refractivity contribution in [3.8, 4) is 0 Å². The predicted molar refractivity (Wildman–Crippen MR) is 130 cm³/mol. The molecule has 2 fully saturated rings. The molecule has 1 saturated carbocycles. The van der Waals surface area contributed by atoms with Crippen LogP contribution in [-0.4, -0.2) is 34.1 Å². The van der Waals surface area contributed by atoms with Gasteiger partial charge >= 0.3 is 0 Å². The van der Waals surface area contributed by atoms with Gasteiger partial charge in [0.05, 0.1) is 11.0 Å². The van der Waals surface area contributed by atoms with Crippen molar-refractivity contribution in [2.24, 2.45) is 11.8 Å². The molecule has 4 heteroatoms. The van der Waals surface area contributed by atoms with E-state index in [0.717, 1.165) is 28.8 Å². The summed E-state index contributed by atoms with van der Waals surface area (Å²) in [5.41, 5.74) is 3.48. The van der Waals surface area contributed by atoms with Crippen molar-refractivity contribution in [2.45, 2.75) is 45.1 Å². The number of likely N-dealkylation sites (tertiary alicyclic amines) is 1. The number of aromatic nitrogens is 2. The fourth-order valence-corrected chi connectivity index (χ4v) is 5.43. The average molecular weight is 434 g/mol. The second kappa shape index (κ2) is 9.58. The van der Waals surface area contributed by atoms with Crippen molar-refractivity contribution in [1.29, 1.82) is 0 Å². The summed E-state index contributed by atoms with van der Waals surface area (Å²) in [6.07, 6.45) is 13.1. The second-order valence-electron chi connectivity index (χ2n) is 9.34. The molecule has 0 bridgehead atoms. The van der Waals surface area contributed by atoms with Gasteiger partial charge in [0.25, 0.3) is 0 Å². The van der Waals surface area contributed by atoms with E-state index in [1.54, 1.807) is 0 Å². The predicted octanol–water partition coefficient (Wildman–Crippen LogP) is 6.65. The molecule has 162 valence electrons. The molecular weight excluding hydrogens is 402 g/mol.